The summed E-state index contributed by atoms with van der Waals surface area (Å²) >= 11 is 0. The quantitative estimate of drug-likeness (QED) is 0.573. The van der Waals surface area contributed by atoms with Crippen molar-refractivity contribution in [3.05, 3.63) is 35.5 Å². The average molecular weight is 314 g/mol. The van der Waals surface area contributed by atoms with E-state index in [1.807, 2.05) is 0 Å². The Kier molecular flexibility index (Phi) is 5.80. The van der Waals surface area contributed by atoms with Crippen molar-refractivity contribution >= 4 is 0 Å². The second kappa shape index (κ2) is 7.83. The van der Waals surface area contributed by atoms with Crippen LogP contribution in [-0.2, 0) is 0 Å². The van der Waals surface area contributed by atoms with E-state index in [4.69, 9.17) is 0 Å². The summed E-state index contributed by atoms with van der Waals surface area (Å²) < 4.78 is 0. The molecule has 0 heterocycles. The zero-order valence-corrected chi connectivity index (χ0v) is 15.4. The highest BCUT2D eigenvalue weighted by Crippen LogP contribution is 2.34. The average Bonchev–Trinajstić information content (AvgIpc) is 2.58. The van der Waals surface area contributed by atoms with Crippen molar-refractivity contribution in [3.63, 3.8) is 0 Å². The largest absolute Gasteiger partial charge is 0.290 e. The van der Waals surface area contributed by atoms with Crippen molar-refractivity contribution in [2.24, 2.45) is 5.92 Å². The summed E-state index contributed by atoms with van der Waals surface area (Å²) in [6.07, 6.45) is 22.0. The van der Waals surface area contributed by atoms with E-state index in [1.54, 1.807) is 11.1 Å². The molecule has 0 amide bonds. The van der Waals surface area contributed by atoms with Crippen LogP contribution in [0.3, 0.4) is 0 Å². The third kappa shape index (κ3) is 4.18. The molecule has 0 saturated heterocycles. The van der Waals surface area contributed by atoms with Gasteiger partial charge in [-0.15, -0.1) is 0 Å². The second-order valence-corrected chi connectivity index (χ2v) is 8.21. The van der Waals surface area contributed by atoms with Crippen LogP contribution in [0.1, 0.15) is 78.6 Å². The van der Waals surface area contributed by atoms with Gasteiger partial charge in [-0.25, -0.2) is 0 Å². The van der Waals surface area contributed by atoms with Crippen molar-refractivity contribution in [1.82, 2.24) is 4.90 Å². The van der Waals surface area contributed by atoms with Gasteiger partial charge in [0.15, 0.2) is 0 Å². The minimum Gasteiger partial charge on any atom is -0.290 e. The lowest BCUT2D eigenvalue weighted by Gasteiger charge is -2.45. The van der Waals surface area contributed by atoms with E-state index < -0.39 is 0 Å². The van der Waals surface area contributed by atoms with E-state index in [9.17, 15) is 0 Å². The predicted molar refractivity (Wildman–Crippen MR) is 101 cm³/mol. The second-order valence-electron chi connectivity index (χ2n) is 8.21. The van der Waals surface area contributed by atoms with Gasteiger partial charge in [0, 0.05) is 18.1 Å². The van der Waals surface area contributed by atoms with Gasteiger partial charge < -0.3 is 0 Å². The van der Waals surface area contributed by atoms with Crippen LogP contribution in [0.5, 0.6) is 0 Å². The van der Waals surface area contributed by atoms with E-state index in [1.165, 1.54) is 57.8 Å². The van der Waals surface area contributed by atoms with Gasteiger partial charge in [-0.2, -0.15) is 0 Å². The standard InChI is InChI=1S/C22H35N/c1-17(2)19-11-15-22(16-12-19)23(20-7-5-4-6-8-20)21-13-9-18(3)10-14-21/h5,7,9,11,17,20-22H,4,6,8,10,12-16H2,1-3H3. The van der Waals surface area contributed by atoms with Crippen LogP contribution in [-0.4, -0.2) is 23.0 Å². The maximum absolute atomic E-state index is 2.94. The Hall–Kier alpha value is -0.820. The van der Waals surface area contributed by atoms with Crippen LogP contribution in [0.15, 0.2) is 35.5 Å². The third-order valence-corrected chi connectivity index (χ3v) is 6.23. The highest BCUT2D eigenvalue weighted by Gasteiger charge is 2.33. The maximum Gasteiger partial charge on any atom is 0.0284 e. The molecule has 23 heavy (non-hydrogen) atoms. The molecule has 3 aliphatic rings. The number of nitrogens with zero attached hydrogens (tertiary/aromatic N) is 1. The molecule has 0 aromatic heterocycles. The van der Waals surface area contributed by atoms with Crippen LogP contribution in [0.4, 0.5) is 0 Å². The van der Waals surface area contributed by atoms with E-state index in [2.05, 4.69) is 50.0 Å². The lowest BCUT2D eigenvalue weighted by molar-refractivity contribution is 0.0769. The first kappa shape index (κ1) is 17.0. The van der Waals surface area contributed by atoms with Gasteiger partial charge >= 0.3 is 0 Å². The van der Waals surface area contributed by atoms with Crippen molar-refractivity contribution < 1.29 is 0 Å². The van der Waals surface area contributed by atoms with E-state index in [0.717, 1.165) is 18.0 Å². The molecule has 0 radical (unpaired) electrons. The summed E-state index contributed by atoms with van der Waals surface area (Å²) in [5, 5.41) is 0. The molecule has 0 saturated carbocycles. The lowest BCUT2D eigenvalue weighted by atomic mass is 9.84. The minimum atomic E-state index is 0.694. The van der Waals surface area contributed by atoms with Gasteiger partial charge in [0.1, 0.15) is 0 Å². The number of hydrogen-bond donors (Lipinski definition) is 0. The molecule has 0 aliphatic heterocycles. The summed E-state index contributed by atoms with van der Waals surface area (Å²) in [7, 11) is 0. The Bertz CT molecular complexity index is 482. The number of allylic oxidation sites excluding steroid dienone is 3. The maximum atomic E-state index is 2.94. The first-order valence-corrected chi connectivity index (χ1v) is 9.94. The van der Waals surface area contributed by atoms with E-state index >= 15 is 0 Å². The summed E-state index contributed by atoms with van der Waals surface area (Å²) in [6.45, 7) is 7.00. The Morgan fingerprint density at radius 2 is 1.74 bits per heavy atom. The Morgan fingerprint density at radius 3 is 2.26 bits per heavy atom. The molecule has 0 spiro atoms. The smallest absolute Gasteiger partial charge is 0.0284 e. The fraction of sp³-hybridized carbons (Fsp3) is 0.727. The van der Waals surface area contributed by atoms with Gasteiger partial charge in [0.25, 0.3) is 0 Å². The summed E-state index contributed by atoms with van der Waals surface area (Å²) in [4.78, 5) is 2.94. The zero-order chi connectivity index (χ0) is 16.2. The molecule has 0 fully saturated rings. The first-order valence-electron chi connectivity index (χ1n) is 9.94. The normalized spacial score (nSPS) is 32.1. The summed E-state index contributed by atoms with van der Waals surface area (Å²) in [5.74, 6) is 0.735. The summed E-state index contributed by atoms with van der Waals surface area (Å²) in [5.41, 5.74) is 3.30. The highest BCUT2D eigenvalue weighted by molar-refractivity contribution is 5.14. The Balaban J connectivity index is 1.75. The minimum absolute atomic E-state index is 0.694. The molecule has 128 valence electrons. The van der Waals surface area contributed by atoms with Crippen molar-refractivity contribution in [2.75, 3.05) is 0 Å². The molecule has 1 heteroatoms. The molecular formula is C22H35N. The van der Waals surface area contributed by atoms with Crippen molar-refractivity contribution in [1.29, 1.82) is 0 Å². The van der Waals surface area contributed by atoms with Gasteiger partial charge in [0.2, 0.25) is 0 Å². The molecule has 3 rings (SSSR count). The zero-order valence-electron chi connectivity index (χ0n) is 15.4. The lowest BCUT2D eigenvalue weighted by Crippen LogP contribution is -2.50. The Labute approximate surface area is 143 Å². The SMILES string of the molecule is CC1=CCC(N(C2C=CCCC2)C2CC=C(C(C)C)CC2)CC1. The van der Waals surface area contributed by atoms with Gasteiger partial charge in [0.05, 0.1) is 0 Å². The van der Waals surface area contributed by atoms with E-state index in [0.29, 0.717) is 6.04 Å². The molecule has 3 atom stereocenters. The first-order chi connectivity index (χ1) is 11.1. The molecule has 3 unspecified atom stereocenters. The Morgan fingerprint density at radius 1 is 1.00 bits per heavy atom. The molecule has 3 aliphatic carbocycles. The molecule has 0 aromatic carbocycles. The predicted octanol–water partition coefficient (Wildman–Crippen LogP) is 6.03. The van der Waals surface area contributed by atoms with Crippen LogP contribution in [0.2, 0.25) is 0 Å². The number of hydrogen-bond acceptors (Lipinski definition) is 1. The van der Waals surface area contributed by atoms with E-state index in [-0.39, 0.29) is 0 Å². The van der Waals surface area contributed by atoms with Crippen LogP contribution < -0.4 is 0 Å². The molecule has 0 N–H and O–H groups in total. The van der Waals surface area contributed by atoms with Gasteiger partial charge in [-0.05, 0) is 70.6 Å². The van der Waals surface area contributed by atoms with Crippen LogP contribution >= 0.6 is 0 Å². The molecule has 1 nitrogen and oxygen atoms in total. The van der Waals surface area contributed by atoms with Gasteiger partial charge in [-0.1, -0.05) is 49.3 Å². The topological polar surface area (TPSA) is 3.24 Å². The molecule has 0 aromatic rings. The van der Waals surface area contributed by atoms with Crippen LogP contribution in [0, 0.1) is 5.92 Å². The van der Waals surface area contributed by atoms with Crippen molar-refractivity contribution in [2.45, 2.75) is 96.7 Å². The fourth-order valence-corrected chi connectivity index (χ4v) is 4.74. The highest BCUT2D eigenvalue weighted by atomic mass is 15.2. The third-order valence-electron chi connectivity index (χ3n) is 6.23. The molecule has 0 bridgehead atoms. The van der Waals surface area contributed by atoms with Crippen molar-refractivity contribution in [3.8, 4) is 0 Å². The van der Waals surface area contributed by atoms with Gasteiger partial charge in [-0.3, -0.25) is 4.90 Å². The van der Waals surface area contributed by atoms with Crippen LogP contribution in [0.25, 0.3) is 0 Å². The fourth-order valence-electron chi connectivity index (χ4n) is 4.74. The number of rotatable bonds is 4. The molecular weight excluding hydrogens is 278 g/mol. The monoisotopic (exact) mass is 313 g/mol. The summed E-state index contributed by atoms with van der Waals surface area (Å²) in [6, 6.07) is 2.23.